The summed E-state index contributed by atoms with van der Waals surface area (Å²) in [6, 6.07) is 3.94. The highest BCUT2D eigenvalue weighted by Gasteiger charge is 2.42. The molecular weight excluding hydrogens is 348 g/mol. The number of thioether (sulfide) groups is 1. The van der Waals surface area contributed by atoms with Crippen LogP contribution in [0.3, 0.4) is 0 Å². The van der Waals surface area contributed by atoms with Crippen molar-refractivity contribution in [3.8, 4) is 0 Å². The fraction of sp³-hybridized carbons (Fsp3) is 0.526. The second-order valence-corrected chi connectivity index (χ2v) is 8.29. The van der Waals surface area contributed by atoms with E-state index in [1.54, 1.807) is 18.0 Å². The molecule has 138 valence electrons. The Kier molecular flexibility index (Phi) is 4.75. The summed E-state index contributed by atoms with van der Waals surface area (Å²) in [7, 11) is 0. The maximum Gasteiger partial charge on any atom is 0.256 e. The molecule has 0 spiro atoms. The zero-order valence-corrected chi connectivity index (χ0v) is 16.0. The Hall–Kier alpha value is -1.86. The number of amides is 1. The number of nitrogens with two attached hydrogens (primary N) is 1. The minimum Gasteiger partial charge on any atom is -0.361 e. The Bertz CT molecular complexity index is 802. The van der Waals surface area contributed by atoms with E-state index in [9.17, 15) is 4.79 Å². The summed E-state index contributed by atoms with van der Waals surface area (Å²) in [6.07, 6.45) is 3.96. The van der Waals surface area contributed by atoms with Gasteiger partial charge in [-0.15, -0.1) is 11.8 Å². The van der Waals surface area contributed by atoms with Gasteiger partial charge in [0.05, 0.1) is 11.3 Å². The number of carbonyl (C=O) groups excluding carboxylic acids is 1. The third-order valence-electron chi connectivity index (χ3n) is 5.74. The number of hydrogen-bond donors (Lipinski definition) is 1. The van der Waals surface area contributed by atoms with Crippen molar-refractivity contribution in [3.05, 3.63) is 40.9 Å². The van der Waals surface area contributed by atoms with Gasteiger partial charge in [-0.25, -0.2) is 4.98 Å². The van der Waals surface area contributed by atoms with Crippen molar-refractivity contribution < 1.29 is 9.32 Å². The number of likely N-dealkylation sites (tertiary alicyclic amines) is 1. The van der Waals surface area contributed by atoms with E-state index < -0.39 is 0 Å². The van der Waals surface area contributed by atoms with Crippen molar-refractivity contribution in [2.24, 2.45) is 17.6 Å². The number of rotatable bonds is 4. The molecule has 0 aromatic carbocycles. The fourth-order valence-corrected chi connectivity index (χ4v) is 5.30. The first-order chi connectivity index (χ1) is 12.5. The van der Waals surface area contributed by atoms with Crippen LogP contribution in [0.5, 0.6) is 0 Å². The van der Waals surface area contributed by atoms with Gasteiger partial charge in [0.25, 0.3) is 5.91 Å². The zero-order chi connectivity index (χ0) is 18.3. The van der Waals surface area contributed by atoms with Crippen molar-refractivity contribution in [3.63, 3.8) is 0 Å². The van der Waals surface area contributed by atoms with Crippen molar-refractivity contribution in [2.45, 2.75) is 43.5 Å². The minimum absolute atomic E-state index is 0.0703. The van der Waals surface area contributed by atoms with E-state index in [1.165, 1.54) is 0 Å². The number of hydrogen-bond acceptors (Lipinski definition) is 6. The molecule has 2 aromatic rings. The molecule has 1 aliphatic carbocycles. The minimum atomic E-state index is 0.0703. The van der Waals surface area contributed by atoms with Crippen molar-refractivity contribution in [2.75, 3.05) is 13.1 Å². The van der Waals surface area contributed by atoms with E-state index in [0.29, 0.717) is 23.2 Å². The van der Waals surface area contributed by atoms with E-state index in [4.69, 9.17) is 10.3 Å². The van der Waals surface area contributed by atoms with Gasteiger partial charge < -0.3 is 15.2 Å². The van der Waals surface area contributed by atoms with Crippen LogP contribution < -0.4 is 5.73 Å². The summed E-state index contributed by atoms with van der Waals surface area (Å²) in [4.78, 5) is 19.5. The molecule has 1 saturated heterocycles. The quantitative estimate of drug-likeness (QED) is 0.831. The van der Waals surface area contributed by atoms with Gasteiger partial charge >= 0.3 is 0 Å². The van der Waals surface area contributed by atoms with Gasteiger partial charge in [-0.2, -0.15) is 0 Å². The number of carbonyl (C=O) groups is 1. The lowest BCUT2D eigenvalue weighted by Gasteiger charge is -2.20. The molecule has 0 radical (unpaired) electrons. The molecule has 7 heteroatoms. The Morgan fingerprint density at radius 2 is 2.23 bits per heavy atom. The maximum atomic E-state index is 13.1. The summed E-state index contributed by atoms with van der Waals surface area (Å²) in [5.41, 5.74) is 8.85. The third-order valence-corrected chi connectivity index (χ3v) is 6.77. The SMILES string of the molecule is Cc1noc(C)c1CSc1ncccc1C(=O)N1CC2CCC(N)C2C1. The molecule has 3 unspecified atom stereocenters. The Balaban J connectivity index is 1.50. The molecule has 1 saturated carbocycles. The molecule has 3 heterocycles. The lowest BCUT2D eigenvalue weighted by molar-refractivity contribution is 0.0775. The van der Waals surface area contributed by atoms with Crippen LogP contribution in [0.15, 0.2) is 27.9 Å². The van der Waals surface area contributed by atoms with Crippen LogP contribution in [0, 0.1) is 25.7 Å². The summed E-state index contributed by atoms with van der Waals surface area (Å²) in [5.74, 6) is 2.59. The highest BCUT2D eigenvalue weighted by molar-refractivity contribution is 7.98. The number of fused-ring (bicyclic) bond motifs is 1. The highest BCUT2D eigenvalue weighted by atomic mass is 32.2. The molecule has 2 aliphatic rings. The first kappa shape index (κ1) is 17.5. The van der Waals surface area contributed by atoms with E-state index in [-0.39, 0.29) is 11.9 Å². The smallest absolute Gasteiger partial charge is 0.256 e. The summed E-state index contributed by atoms with van der Waals surface area (Å²) < 4.78 is 5.22. The van der Waals surface area contributed by atoms with Crippen molar-refractivity contribution in [1.29, 1.82) is 0 Å². The standard InChI is InChI=1S/C19H24N4O2S/c1-11-16(12(2)25-22-11)10-26-18-14(4-3-7-21-18)19(24)23-8-13-5-6-17(20)15(13)9-23/h3-4,7,13,15,17H,5-6,8-10,20H2,1-2H3. The Labute approximate surface area is 157 Å². The predicted octanol–water partition coefficient (Wildman–Crippen LogP) is 2.79. The first-order valence-corrected chi connectivity index (χ1v) is 10.1. The van der Waals surface area contributed by atoms with Gasteiger partial charge in [-0.3, -0.25) is 4.79 Å². The average molecular weight is 372 g/mol. The zero-order valence-electron chi connectivity index (χ0n) is 15.1. The average Bonchev–Trinajstić information content (AvgIpc) is 3.30. The molecule has 3 atom stereocenters. The first-order valence-electron chi connectivity index (χ1n) is 9.09. The number of aryl methyl sites for hydroxylation is 2. The van der Waals surface area contributed by atoms with Gasteiger partial charge in [-0.05, 0) is 50.7 Å². The number of pyridine rings is 1. The van der Waals surface area contributed by atoms with Crippen LogP contribution in [0.4, 0.5) is 0 Å². The van der Waals surface area contributed by atoms with Gasteiger partial charge in [0, 0.05) is 36.6 Å². The Morgan fingerprint density at radius 3 is 2.96 bits per heavy atom. The van der Waals surface area contributed by atoms with Gasteiger partial charge in [0.15, 0.2) is 0 Å². The van der Waals surface area contributed by atoms with Crippen LogP contribution in [0.2, 0.25) is 0 Å². The number of aromatic nitrogens is 2. The highest BCUT2D eigenvalue weighted by Crippen LogP contribution is 2.38. The lowest BCUT2D eigenvalue weighted by Crippen LogP contribution is -2.33. The fourth-order valence-electron chi connectivity index (χ4n) is 4.16. The Morgan fingerprint density at radius 1 is 1.38 bits per heavy atom. The lowest BCUT2D eigenvalue weighted by atomic mass is 9.98. The number of nitrogens with zero attached hydrogens (tertiary/aromatic N) is 3. The molecule has 1 aliphatic heterocycles. The second-order valence-electron chi connectivity index (χ2n) is 7.32. The van der Waals surface area contributed by atoms with Gasteiger partial charge in [-0.1, -0.05) is 5.16 Å². The second kappa shape index (κ2) is 7.04. The molecule has 2 aromatic heterocycles. The van der Waals surface area contributed by atoms with E-state index in [1.807, 2.05) is 30.9 Å². The molecule has 0 bridgehead atoms. The molecule has 6 nitrogen and oxygen atoms in total. The molecule has 26 heavy (non-hydrogen) atoms. The van der Waals surface area contributed by atoms with Crippen molar-refractivity contribution >= 4 is 17.7 Å². The van der Waals surface area contributed by atoms with E-state index in [2.05, 4.69) is 10.1 Å². The molecule has 2 fully saturated rings. The monoisotopic (exact) mass is 372 g/mol. The third kappa shape index (κ3) is 3.14. The molecular formula is C19H24N4O2S. The predicted molar refractivity (Wildman–Crippen MR) is 99.9 cm³/mol. The van der Waals surface area contributed by atoms with Crippen LogP contribution in [-0.4, -0.2) is 40.1 Å². The molecule has 4 rings (SSSR count). The molecule has 2 N–H and O–H groups in total. The van der Waals surface area contributed by atoms with Crippen molar-refractivity contribution in [1.82, 2.24) is 15.0 Å². The normalized spacial score (nSPS) is 24.9. The van der Waals surface area contributed by atoms with Crippen LogP contribution >= 0.6 is 11.8 Å². The van der Waals surface area contributed by atoms with E-state index >= 15 is 0 Å². The van der Waals surface area contributed by atoms with Crippen LogP contribution in [-0.2, 0) is 5.75 Å². The largest absolute Gasteiger partial charge is 0.361 e. The summed E-state index contributed by atoms with van der Waals surface area (Å²) in [6.45, 7) is 5.43. The summed E-state index contributed by atoms with van der Waals surface area (Å²) in [5, 5.41) is 4.76. The topological polar surface area (TPSA) is 85.2 Å². The van der Waals surface area contributed by atoms with Gasteiger partial charge in [0.1, 0.15) is 10.8 Å². The maximum absolute atomic E-state index is 13.1. The molecule has 1 amide bonds. The summed E-state index contributed by atoms with van der Waals surface area (Å²) >= 11 is 1.56. The van der Waals surface area contributed by atoms with Crippen LogP contribution in [0.25, 0.3) is 0 Å². The van der Waals surface area contributed by atoms with E-state index in [0.717, 1.165) is 48.0 Å². The van der Waals surface area contributed by atoms with Gasteiger partial charge in [0.2, 0.25) is 0 Å². The van der Waals surface area contributed by atoms with Crippen LogP contribution in [0.1, 0.15) is 40.2 Å².